The molecule has 0 N–H and O–H groups in total. The highest BCUT2D eigenvalue weighted by Crippen LogP contribution is 2.03. The van der Waals surface area contributed by atoms with Gasteiger partial charge in [0, 0.05) is 12.7 Å². The van der Waals surface area contributed by atoms with Gasteiger partial charge in [0.2, 0.25) is 0 Å². The monoisotopic (exact) mass is 151 g/mol. The lowest BCUT2D eigenvalue weighted by molar-refractivity contribution is 0.586. The van der Waals surface area contributed by atoms with Gasteiger partial charge >= 0.3 is 0 Å². The molecule has 0 aliphatic heterocycles. The number of hydrogen-bond acceptors (Lipinski definition) is 1. The largest absolute Gasteiger partial charge is 0.352 e. The lowest BCUT2D eigenvalue weighted by Gasteiger charge is -2.14. The van der Waals surface area contributed by atoms with Gasteiger partial charge in [0.25, 0.3) is 0 Å². The molecule has 0 spiro atoms. The van der Waals surface area contributed by atoms with Gasteiger partial charge < -0.3 is 4.90 Å². The van der Waals surface area contributed by atoms with Gasteiger partial charge in [-0.3, -0.25) is 0 Å². The maximum Gasteiger partial charge on any atom is 0.0356 e. The Balaban J connectivity index is 4.27. The average Bonchev–Trinajstić information content (AvgIpc) is 2.00. The SMILES string of the molecule is C/C=C\C(=C\C)N(C)/C=C/C. The molecule has 0 bridgehead atoms. The zero-order valence-electron chi connectivity index (χ0n) is 7.83. The Kier molecular flexibility index (Phi) is 5.26. The van der Waals surface area contributed by atoms with Crippen molar-refractivity contribution < 1.29 is 0 Å². The molecule has 0 aromatic carbocycles. The van der Waals surface area contributed by atoms with Gasteiger partial charge in [-0.1, -0.05) is 18.2 Å². The molecule has 0 unspecified atom stereocenters. The first-order chi connectivity index (χ1) is 5.26. The van der Waals surface area contributed by atoms with E-state index < -0.39 is 0 Å². The number of allylic oxidation sites excluding steroid dienone is 4. The Bertz CT molecular complexity index is 175. The fraction of sp³-hybridized carbons (Fsp3) is 0.400. The van der Waals surface area contributed by atoms with Gasteiger partial charge in [-0.2, -0.15) is 0 Å². The van der Waals surface area contributed by atoms with E-state index in [1.54, 1.807) is 0 Å². The van der Waals surface area contributed by atoms with Crippen LogP contribution in [0.1, 0.15) is 20.8 Å². The molecule has 0 aromatic rings. The van der Waals surface area contributed by atoms with E-state index in [4.69, 9.17) is 0 Å². The van der Waals surface area contributed by atoms with Gasteiger partial charge in [0.1, 0.15) is 0 Å². The second-order valence-corrected chi connectivity index (χ2v) is 2.31. The first-order valence-electron chi connectivity index (χ1n) is 3.91. The molecule has 0 radical (unpaired) electrons. The molecule has 0 atom stereocenters. The number of likely N-dealkylation sites (N-methyl/N-ethyl adjacent to an activating group) is 1. The van der Waals surface area contributed by atoms with Crippen molar-refractivity contribution in [3.63, 3.8) is 0 Å². The first kappa shape index (κ1) is 10.0. The van der Waals surface area contributed by atoms with Gasteiger partial charge in [0.15, 0.2) is 0 Å². The second kappa shape index (κ2) is 5.78. The van der Waals surface area contributed by atoms with Crippen molar-refractivity contribution in [1.82, 2.24) is 4.90 Å². The summed E-state index contributed by atoms with van der Waals surface area (Å²) in [5.41, 5.74) is 1.21. The molecule has 62 valence electrons. The molecule has 0 rings (SSSR count). The molecule has 0 aliphatic carbocycles. The van der Waals surface area contributed by atoms with Crippen LogP contribution in [0.3, 0.4) is 0 Å². The van der Waals surface area contributed by atoms with Crippen LogP contribution in [0.5, 0.6) is 0 Å². The molecule has 1 heteroatoms. The van der Waals surface area contributed by atoms with Crippen LogP contribution >= 0.6 is 0 Å². The summed E-state index contributed by atoms with van der Waals surface area (Å²) in [7, 11) is 2.04. The van der Waals surface area contributed by atoms with E-state index >= 15 is 0 Å². The number of rotatable bonds is 3. The van der Waals surface area contributed by atoms with Crippen LogP contribution in [0.15, 0.2) is 36.2 Å². The predicted molar refractivity (Wildman–Crippen MR) is 51.1 cm³/mol. The molecule has 1 nitrogen and oxygen atoms in total. The van der Waals surface area contributed by atoms with Crippen LogP contribution in [0.25, 0.3) is 0 Å². The Labute approximate surface area is 69.7 Å². The number of nitrogens with zero attached hydrogens (tertiary/aromatic N) is 1. The highest BCUT2D eigenvalue weighted by molar-refractivity contribution is 5.17. The van der Waals surface area contributed by atoms with E-state index in [-0.39, 0.29) is 0 Å². The Morgan fingerprint density at radius 2 is 1.73 bits per heavy atom. The highest BCUT2D eigenvalue weighted by Gasteiger charge is 1.91. The fourth-order valence-electron chi connectivity index (χ4n) is 0.898. The van der Waals surface area contributed by atoms with E-state index in [9.17, 15) is 0 Å². The summed E-state index contributed by atoms with van der Waals surface area (Å²) in [5.74, 6) is 0. The Morgan fingerprint density at radius 1 is 1.09 bits per heavy atom. The van der Waals surface area contributed by atoms with E-state index in [1.807, 2.05) is 46.2 Å². The zero-order valence-corrected chi connectivity index (χ0v) is 7.83. The Morgan fingerprint density at radius 3 is 2.09 bits per heavy atom. The summed E-state index contributed by atoms with van der Waals surface area (Å²) in [5, 5.41) is 0. The van der Waals surface area contributed by atoms with Crippen molar-refractivity contribution in [2.45, 2.75) is 20.8 Å². The van der Waals surface area contributed by atoms with Crippen LogP contribution in [0.4, 0.5) is 0 Å². The summed E-state index contributed by atoms with van der Waals surface area (Å²) in [4.78, 5) is 2.08. The molecule has 0 fully saturated rings. The van der Waals surface area contributed by atoms with E-state index in [0.29, 0.717) is 0 Å². The molecule has 11 heavy (non-hydrogen) atoms. The first-order valence-corrected chi connectivity index (χ1v) is 3.91. The highest BCUT2D eigenvalue weighted by atomic mass is 15.1. The summed E-state index contributed by atoms with van der Waals surface area (Å²) < 4.78 is 0. The third-order valence-corrected chi connectivity index (χ3v) is 1.41. The second-order valence-electron chi connectivity index (χ2n) is 2.31. The molecule has 0 amide bonds. The standard InChI is InChI=1S/C10H17N/c1-5-8-10(7-3)11(4)9-6-2/h5-9H,1-4H3/b8-5-,9-6+,10-7-. The summed E-state index contributed by atoms with van der Waals surface area (Å²) in [6.45, 7) is 6.07. The van der Waals surface area contributed by atoms with Gasteiger partial charge in [-0.25, -0.2) is 0 Å². The lowest BCUT2D eigenvalue weighted by Crippen LogP contribution is -2.07. The Hall–Kier alpha value is -0.980. The third-order valence-electron chi connectivity index (χ3n) is 1.41. The summed E-state index contributed by atoms with van der Waals surface area (Å²) >= 11 is 0. The zero-order chi connectivity index (χ0) is 8.69. The summed E-state index contributed by atoms with van der Waals surface area (Å²) in [6.07, 6.45) is 10.3. The quantitative estimate of drug-likeness (QED) is 0.560. The molecule has 0 heterocycles. The molecular formula is C10H17N. The minimum atomic E-state index is 1.21. The van der Waals surface area contributed by atoms with Crippen molar-refractivity contribution in [1.29, 1.82) is 0 Å². The topological polar surface area (TPSA) is 3.24 Å². The van der Waals surface area contributed by atoms with E-state index in [2.05, 4.69) is 17.1 Å². The molecule has 0 aromatic heterocycles. The van der Waals surface area contributed by atoms with Crippen molar-refractivity contribution in [3.8, 4) is 0 Å². The summed E-state index contributed by atoms with van der Waals surface area (Å²) in [6, 6.07) is 0. The van der Waals surface area contributed by atoms with Crippen molar-refractivity contribution in [3.05, 3.63) is 36.2 Å². The minimum Gasteiger partial charge on any atom is -0.352 e. The van der Waals surface area contributed by atoms with Gasteiger partial charge in [0.05, 0.1) is 0 Å². The third kappa shape index (κ3) is 3.66. The van der Waals surface area contributed by atoms with Crippen molar-refractivity contribution in [2.24, 2.45) is 0 Å². The van der Waals surface area contributed by atoms with Gasteiger partial charge in [-0.05, 0) is 33.0 Å². The maximum absolute atomic E-state index is 2.08. The van der Waals surface area contributed by atoms with Gasteiger partial charge in [-0.15, -0.1) is 0 Å². The molecule has 0 saturated carbocycles. The molecular weight excluding hydrogens is 134 g/mol. The van der Waals surface area contributed by atoms with Crippen LogP contribution in [-0.4, -0.2) is 11.9 Å². The maximum atomic E-state index is 2.08. The predicted octanol–water partition coefficient (Wildman–Crippen LogP) is 2.93. The molecule has 0 aliphatic rings. The number of hydrogen-bond donors (Lipinski definition) is 0. The van der Waals surface area contributed by atoms with Crippen LogP contribution in [-0.2, 0) is 0 Å². The van der Waals surface area contributed by atoms with Crippen molar-refractivity contribution in [2.75, 3.05) is 7.05 Å². The van der Waals surface area contributed by atoms with Crippen LogP contribution in [0.2, 0.25) is 0 Å². The van der Waals surface area contributed by atoms with E-state index in [1.165, 1.54) is 5.70 Å². The normalized spacial score (nSPS) is 13.3. The van der Waals surface area contributed by atoms with Crippen molar-refractivity contribution >= 4 is 0 Å². The van der Waals surface area contributed by atoms with Crippen LogP contribution < -0.4 is 0 Å². The average molecular weight is 151 g/mol. The van der Waals surface area contributed by atoms with Crippen LogP contribution in [0, 0.1) is 0 Å². The lowest BCUT2D eigenvalue weighted by atomic mass is 10.3. The fourth-order valence-corrected chi connectivity index (χ4v) is 0.898. The van der Waals surface area contributed by atoms with E-state index in [0.717, 1.165) is 0 Å². The minimum absolute atomic E-state index is 1.21. The molecule has 0 saturated heterocycles. The smallest absolute Gasteiger partial charge is 0.0356 e.